The molecule has 0 bridgehead atoms. The molecule has 4 aromatic carbocycles. The van der Waals surface area contributed by atoms with E-state index in [4.69, 9.17) is 19.3 Å². The minimum Gasteiger partial charge on any atom is -0.115 e. The molecule has 0 saturated carbocycles. The zero-order chi connectivity index (χ0) is 21.8. The van der Waals surface area contributed by atoms with Crippen LogP contribution in [0.1, 0.15) is 16.7 Å². The van der Waals surface area contributed by atoms with Gasteiger partial charge in [-0.2, -0.15) is 0 Å². The van der Waals surface area contributed by atoms with Crippen LogP contribution >= 0.6 is 0 Å². The fraction of sp³-hybridized carbons (Fsp3) is 0. The highest BCUT2D eigenvalue weighted by Crippen LogP contribution is 2.39. The van der Waals surface area contributed by atoms with E-state index in [1.165, 1.54) is 16.3 Å². The minimum atomic E-state index is 0.866. The van der Waals surface area contributed by atoms with Gasteiger partial charge in [-0.05, 0) is 69.8 Å². The molecular weight excluding hydrogens is 388 g/mol. The first-order valence-corrected chi connectivity index (χ1v) is 11.0. The molecule has 0 amide bonds. The third-order valence-corrected chi connectivity index (χ3v) is 6.29. The Labute approximate surface area is 187 Å². The van der Waals surface area contributed by atoms with Gasteiger partial charge < -0.3 is 0 Å². The molecule has 0 heterocycles. The predicted octanol–water partition coefficient (Wildman–Crippen LogP) is 4.62. The highest BCUT2D eigenvalue weighted by Gasteiger charge is 2.16. The van der Waals surface area contributed by atoms with Crippen LogP contribution in [-0.2, 0) is 0 Å². The topological polar surface area (TPSA) is 0 Å². The Morgan fingerprint density at radius 3 is 1.26 bits per heavy atom. The van der Waals surface area contributed by atoms with E-state index in [0.29, 0.717) is 0 Å². The van der Waals surface area contributed by atoms with Gasteiger partial charge in [-0.15, -0.1) is 19.3 Å². The zero-order valence-electron chi connectivity index (χ0n) is 17.3. The molecule has 0 aliphatic heterocycles. The number of rotatable bonds is 3. The lowest BCUT2D eigenvalue weighted by Gasteiger charge is -2.19. The standard InChI is InChI=1S/C30H20Si/c1-4-21-7-13-24(14-8-21)27-19-20-28(31)30(26-17-11-23(6-3)12-18-26)29(27)25-15-9-22(5-2)10-16-25/h1-3,7-20H,31H3. The molecule has 0 radical (unpaired) electrons. The molecule has 0 atom stereocenters. The molecule has 4 aromatic rings. The minimum absolute atomic E-state index is 0.866. The highest BCUT2D eigenvalue weighted by molar-refractivity contribution is 6.37. The molecule has 0 fully saturated rings. The van der Waals surface area contributed by atoms with E-state index < -0.39 is 0 Å². The predicted molar refractivity (Wildman–Crippen MR) is 136 cm³/mol. The average Bonchev–Trinajstić information content (AvgIpc) is 2.84. The molecular formula is C30H20Si. The van der Waals surface area contributed by atoms with Crippen molar-refractivity contribution in [2.24, 2.45) is 0 Å². The average molecular weight is 409 g/mol. The van der Waals surface area contributed by atoms with Crippen LogP contribution in [0.15, 0.2) is 84.9 Å². The lowest BCUT2D eigenvalue weighted by atomic mass is 9.87. The summed E-state index contributed by atoms with van der Waals surface area (Å²) >= 11 is 0. The van der Waals surface area contributed by atoms with Gasteiger partial charge in [-0.1, -0.05) is 71.5 Å². The maximum absolute atomic E-state index is 5.58. The van der Waals surface area contributed by atoms with Crippen molar-refractivity contribution in [3.8, 4) is 70.4 Å². The van der Waals surface area contributed by atoms with Gasteiger partial charge in [0.15, 0.2) is 0 Å². The van der Waals surface area contributed by atoms with Crippen molar-refractivity contribution >= 4 is 15.4 Å². The quantitative estimate of drug-likeness (QED) is 0.343. The Morgan fingerprint density at radius 1 is 0.452 bits per heavy atom. The van der Waals surface area contributed by atoms with Crippen molar-refractivity contribution < 1.29 is 0 Å². The first-order chi connectivity index (χ1) is 15.1. The summed E-state index contributed by atoms with van der Waals surface area (Å²) in [6.45, 7) is 0. The van der Waals surface area contributed by atoms with Crippen LogP contribution in [0.4, 0.5) is 0 Å². The van der Waals surface area contributed by atoms with Crippen molar-refractivity contribution in [3.63, 3.8) is 0 Å². The summed E-state index contributed by atoms with van der Waals surface area (Å²) in [6.07, 6.45) is 16.7. The number of hydrogen-bond donors (Lipinski definition) is 0. The summed E-state index contributed by atoms with van der Waals surface area (Å²) in [5, 5.41) is 1.33. The van der Waals surface area contributed by atoms with Crippen molar-refractivity contribution in [3.05, 3.63) is 102 Å². The molecule has 0 unspecified atom stereocenters. The summed E-state index contributed by atoms with van der Waals surface area (Å²) in [5.74, 6) is 8.10. The number of hydrogen-bond acceptors (Lipinski definition) is 0. The van der Waals surface area contributed by atoms with Crippen LogP contribution in [0, 0.1) is 37.0 Å². The first kappa shape index (κ1) is 20.1. The monoisotopic (exact) mass is 408 g/mol. The van der Waals surface area contributed by atoms with Crippen LogP contribution in [-0.4, -0.2) is 10.2 Å². The summed E-state index contributed by atoms with van der Waals surface area (Å²) in [7, 11) is 0.918. The summed E-state index contributed by atoms with van der Waals surface area (Å²) in [6, 6.07) is 29.0. The molecule has 4 rings (SSSR count). The lowest BCUT2D eigenvalue weighted by Crippen LogP contribution is -2.09. The Balaban J connectivity index is 2.01. The summed E-state index contributed by atoms with van der Waals surface area (Å²) < 4.78 is 0. The molecule has 0 nitrogen and oxygen atoms in total. The highest BCUT2D eigenvalue weighted by atomic mass is 28.1. The van der Waals surface area contributed by atoms with E-state index in [1.54, 1.807) is 0 Å². The maximum atomic E-state index is 5.58. The molecule has 0 aliphatic carbocycles. The van der Waals surface area contributed by atoms with Gasteiger partial charge in [0, 0.05) is 26.9 Å². The number of terminal acetylenes is 3. The molecule has 0 saturated heterocycles. The second kappa shape index (κ2) is 8.65. The van der Waals surface area contributed by atoms with Gasteiger partial charge >= 0.3 is 0 Å². The Hall–Kier alpha value is -4.22. The Morgan fingerprint density at radius 2 is 0.839 bits per heavy atom. The Bertz CT molecular complexity index is 1370. The van der Waals surface area contributed by atoms with E-state index in [1.807, 2.05) is 36.4 Å². The molecule has 0 aliphatic rings. The third-order valence-electron chi connectivity index (χ3n) is 5.46. The SMILES string of the molecule is C#Cc1ccc(-c2ccc([SiH3])c(-c3ccc(C#C)cc3)c2-c2ccc(C#C)cc2)cc1. The van der Waals surface area contributed by atoms with Crippen molar-refractivity contribution in [1.29, 1.82) is 0 Å². The summed E-state index contributed by atoms with van der Waals surface area (Å²) in [5.41, 5.74) is 9.61. The van der Waals surface area contributed by atoms with Gasteiger partial charge in [0.1, 0.15) is 0 Å². The fourth-order valence-electron chi connectivity index (χ4n) is 3.83. The molecule has 0 aromatic heterocycles. The smallest absolute Gasteiger partial charge is 0.0393 e. The van der Waals surface area contributed by atoms with Crippen LogP contribution < -0.4 is 5.19 Å². The van der Waals surface area contributed by atoms with Crippen LogP contribution in [0.5, 0.6) is 0 Å². The number of benzene rings is 4. The van der Waals surface area contributed by atoms with E-state index in [9.17, 15) is 0 Å². The van der Waals surface area contributed by atoms with Crippen LogP contribution in [0.3, 0.4) is 0 Å². The van der Waals surface area contributed by atoms with E-state index in [2.05, 4.69) is 66.3 Å². The molecule has 0 spiro atoms. The van der Waals surface area contributed by atoms with Gasteiger partial charge in [-0.25, -0.2) is 0 Å². The van der Waals surface area contributed by atoms with Crippen molar-refractivity contribution in [2.45, 2.75) is 0 Å². The van der Waals surface area contributed by atoms with Crippen molar-refractivity contribution in [2.75, 3.05) is 0 Å². The lowest BCUT2D eigenvalue weighted by molar-refractivity contribution is 1.55. The third kappa shape index (κ3) is 3.95. The summed E-state index contributed by atoms with van der Waals surface area (Å²) in [4.78, 5) is 0. The Kier molecular flexibility index (Phi) is 5.60. The van der Waals surface area contributed by atoms with E-state index in [0.717, 1.165) is 49.2 Å². The second-order valence-corrected chi connectivity index (χ2v) is 8.42. The zero-order valence-corrected chi connectivity index (χ0v) is 19.3. The largest absolute Gasteiger partial charge is 0.115 e. The molecule has 31 heavy (non-hydrogen) atoms. The molecule has 1 heteroatoms. The first-order valence-electron chi connectivity index (χ1n) is 9.99. The van der Waals surface area contributed by atoms with Gasteiger partial charge in [0.2, 0.25) is 0 Å². The van der Waals surface area contributed by atoms with Gasteiger partial charge in [0.05, 0.1) is 0 Å². The van der Waals surface area contributed by atoms with Crippen molar-refractivity contribution in [1.82, 2.24) is 0 Å². The van der Waals surface area contributed by atoms with Crippen LogP contribution in [0.25, 0.3) is 33.4 Å². The van der Waals surface area contributed by atoms with E-state index in [-0.39, 0.29) is 0 Å². The maximum Gasteiger partial charge on any atom is 0.0393 e. The van der Waals surface area contributed by atoms with Gasteiger partial charge in [-0.3, -0.25) is 0 Å². The van der Waals surface area contributed by atoms with Gasteiger partial charge in [0.25, 0.3) is 0 Å². The normalized spacial score (nSPS) is 10.1. The molecule has 144 valence electrons. The second-order valence-electron chi connectivity index (χ2n) is 7.35. The fourth-order valence-corrected chi connectivity index (χ4v) is 4.54. The molecule has 0 N–H and O–H groups in total. The van der Waals surface area contributed by atoms with Crippen LogP contribution in [0.2, 0.25) is 0 Å². The van der Waals surface area contributed by atoms with E-state index >= 15 is 0 Å².